The zero-order valence-electron chi connectivity index (χ0n) is 11.3. The molecule has 2 N–H and O–H groups in total. The molecule has 0 radical (unpaired) electrons. The van der Waals surface area contributed by atoms with E-state index in [1.165, 1.54) is 0 Å². The third kappa shape index (κ3) is 4.10. The smallest absolute Gasteiger partial charge is 0.115 e. The van der Waals surface area contributed by atoms with Gasteiger partial charge in [-0.25, -0.2) is 0 Å². The molecule has 0 aliphatic rings. The summed E-state index contributed by atoms with van der Waals surface area (Å²) in [5, 5.41) is 0. The Morgan fingerprint density at radius 2 is 2.00 bits per heavy atom. The van der Waals surface area contributed by atoms with Gasteiger partial charge in [-0.05, 0) is 31.4 Å². The first kappa shape index (κ1) is 14.1. The molecule has 3 atom stereocenters. The Morgan fingerprint density at radius 3 is 2.47 bits per heavy atom. The highest BCUT2D eigenvalue weighted by Crippen LogP contribution is 2.23. The summed E-state index contributed by atoms with van der Waals surface area (Å²) < 4.78 is 6.06. The monoisotopic (exact) mass is 236 g/mol. The average Bonchev–Trinajstić information content (AvgIpc) is 2.35. The Hall–Kier alpha value is -0.930. The number of nitrogens with two attached hydrogens (primary N) is 1. The fourth-order valence-electron chi connectivity index (χ4n) is 1.54. The lowest BCUT2D eigenvalue weighted by Crippen LogP contribution is -2.33. The minimum Gasteiger partial charge on any atom is -0.367 e. The second-order valence-electron chi connectivity index (χ2n) is 4.83. The molecule has 0 aromatic carbocycles. The van der Waals surface area contributed by atoms with Crippen LogP contribution >= 0.6 is 0 Å². The highest BCUT2D eigenvalue weighted by atomic mass is 16.5. The van der Waals surface area contributed by atoms with E-state index in [-0.39, 0.29) is 18.2 Å². The van der Waals surface area contributed by atoms with E-state index in [4.69, 9.17) is 10.5 Å². The van der Waals surface area contributed by atoms with E-state index in [1.807, 2.05) is 18.2 Å². The van der Waals surface area contributed by atoms with Gasteiger partial charge in [0.15, 0.2) is 0 Å². The molecule has 3 nitrogen and oxygen atoms in total. The van der Waals surface area contributed by atoms with Crippen molar-refractivity contribution < 1.29 is 4.74 Å². The number of pyridine rings is 1. The fraction of sp³-hybridized carbons (Fsp3) is 0.643. The fourth-order valence-corrected chi connectivity index (χ4v) is 1.54. The normalized spacial score (nSPS) is 16.8. The summed E-state index contributed by atoms with van der Waals surface area (Å²) in [6, 6.07) is 5.85. The summed E-state index contributed by atoms with van der Waals surface area (Å²) in [6.45, 7) is 8.46. The minimum absolute atomic E-state index is 0.00824. The average molecular weight is 236 g/mol. The first-order valence-corrected chi connectivity index (χ1v) is 6.38. The standard InChI is InChI=1S/C14H24N2O/c1-5-12(15)14(17-11(4)10(2)3)13-8-6-7-9-16-13/h6-12,14H,5,15H2,1-4H3. The minimum atomic E-state index is -0.112. The lowest BCUT2D eigenvalue weighted by atomic mass is 10.0. The lowest BCUT2D eigenvalue weighted by molar-refractivity contribution is -0.0415. The largest absolute Gasteiger partial charge is 0.367 e. The van der Waals surface area contributed by atoms with Gasteiger partial charge in [0.2, 0.25) is 0 Å². The van der Waals surface area contributed by atoms with Gasteiger partial charge in [-0.1, -0.05) is 26.8 Å². The highest BCUT2D eigenvalue weighted by molar-refractivity contribution is 5.09. The van der Waals surface area contributed by atoms with E-state index in [0.717, 1.165) is 12.1 Å². The maximum absolute atomic E-state index is 6.13. The predicted molar refractivity (Wildman–Crippen MR) is 70.6 cm³/mol. The van der Waals surface area contributed by atoms with Crippen molar-refractivity contribution in [1.82, 2.24) is 4.98 Å². The molecule has 0 spiro atoms. The van der Waals surface area contributed by atoms with Crippen LogP contribution in [-0.4, -0.2) is 17.1 Å². The number of nitrogens with zero attached hydrogens (tertiary/aromatic N) is 1. The van der Waals surface area contributed by atoms with Crippen molar-refractivity contribution in [1.29, 1.82) is 0 Å². The van der Waals surface area contributed by atoms with E-state index >= 15 is 0 Å². The Labute approximate surface area is 104 Å². The summed E-state index contributed by atoms with van der Waals surface area (Å²) in [7, 11) is 0. The molecule has 1 aromatic heterocycles. The van der Waals surface area contributed by atoms with Crippen molar-refractivity contribution in [3.63, 3.8) is 0 Å². The molecule has 1 aromatic rings. The SMILES string of the molecule is CCC(N)C(OC(C)C(C)C)c1ccccn1. The molecular weight excluding hydrogens is 212 g/mol. The maximum atomic E-state index is 6.13. The molecular formula is C14H24N2O. The Kier molecular flexibility index (Phi) is 5.59. The van der Waals surface area contributed by atoms with E-state index in [2.05, 4.69) is 32.7 Å². The Morgan fingerprint density at radius 1 is 1.29 bits per heavy atom. The van der Waals surface area contributed by atoms with E-state index in [1.54, 1.807) is 6.20 Å². The van der Waals surface area contributed by atoms with Gasteiger partial charge in [-0.3, -0.25) is 4.98 Å². The van der Waals surface area contributed by atoms with Crippen molar-refractivity contribution in [3.8, 4) is 0 Å². The summed E-state index contributed by atoms with van der Waals surface area (Å²) in [5.74, 6) is 0.477. The highest BCUT2D eigenvalue weighted by Gasteiger charge is 2.23. The molecule has 3 unspecified atom stereocenters. The predicted octanol–water partition coefficient (Wildman–Crippen LogP) is 2.92. The second-order valence-corrected chi connectivity index (χ2v) is 4.83. The molecule has 1 heterocycles. The van der Waals surface area contributed by atoms with Gasteiger partial charge in [0, 0.05) is 12.2 Å². The van der Waals surface area contributed by atoms with Crippen LogP contribution in [-0.2, 0) is 4.74 Å². The number of rotatable bonds is 6. The molecule has 0 aliphatic carbocycles. The number of aromatic nitrogens is 1. The topological polar surface area (TPSA) is 48.1 Å². The Bertz CT molecular complexity index is 313. The molecule has 96 valence electrons. The van der Waals surface area contributed by atoms with Crippen LogP contribution in [0.4, 0.5) is 0 Å². The molecule has 0 saturated carbocycles. The Balaban J connectivity index is 2.82. The van der Waals surface area contributed by atoms with Crippen LogP contribution in [0.3, 0.4) is 0 Å². The molecule has 0 aliphatic heterocycles. The van der Waals surface area contributed by atoms with Gasteiger partial charge in [0.1, 0.15) is 6.10 Å². The van der Waals surface area contributed by atoms with Crippen molar-refractivity contribution in [2.75, 3.05) is 0 Å². The number of hydrogen-bond acceptors (Lipinski definition) is 3. The molecule has 17 heavy (non-hydrogen) atoms. The molecule has 0 bridgehead atoms. The van der Waals surface area contributed by atoms with Gasteiger partial charge in [-0.2, -0.15) is 0 Å². The summed E-state index contributed by atoms with van der Waals surface area (Å²) >= 11 is 0. The quantitative estimate of drug-likeness (QED) is 0.826. The van der Waals surface area contributed by atoms with Crippen LogP contribution in [0.5, 0.6) is 0 Å². The van der Waals surface area contributed by atoms with Crippen molar-refractivity contribution in [2.24, 2.45) is 11.7 Å². The second kappa shape index (κ2) is 6.72. The first-order chi connectivity index (χ1) is 8.06. The molecule has 1 rings (SSSR count). The van der Waals surface area contributed by atoms with E-state index in [0.29, 0.717) is 5.92 Å². The third-order valence-electron chi connectivity index (χ3n) is 3.14. The molecule has 0 fully saturated rings. The first-order valence-electron chi connectivity index (χ1n) is 6.38. The number of hydrogen-bond donors (Lipinski definition) is 1. The summed E-state index contributed by atoms with van der Waals surface area (Å²) in [6.07, 6.45) is 2.73. The van der Waals surface area contributed by atoms with Crippen LogP contribution in [0.1, 0.15) is 45.9 Å². The van der Waals surface area contributed by atoms with Crippen molar-refractivity contribution >= 4 is 0 Å². The number of ether oxygens (including phenoxy) is 1. The molecule has 0 saturated heterocycles. The van der Waals surface area contributed by atoms with Crippen LogP contribution < -0.4 is 5.73 Å². The zero-order valence-corrected chi connectivity index (χ0v) is 11.3. The van der Waals surface area contributed by atoms with E-state index < -0.39 is 0 Å². The van der Waals surface area contributed by atoms with E-state index in [9.17, 15) is 0 Å². The summed E-state index contributed by atoms with van der Waals surface area (Å²) in [4.78, 5) is 4.36. The van der Waals surface area contributed by atoms with Gasteiger partial charge in [0.05, 0.1) is 11.8 Å². The summed E-state index contributed by atoms with van der Waals surface area (Å²) in [5.41, 5.74) is 7.06. The third-order valence-corrected chi connectivity index (χ3v) is 3.14. The van der Waals surface area contributed by atoms with Crippen molar-refractivity contribution in [3.05, 3.63) is 30.1 Å². The lowest BCUT2D eigenvalue weighted by Gasteiger charge is -2.28. The van der Waals surface area contributed by atoms with Crippen LogP contribution in [0.2, 0.25) is 0 Å². The maximum Gasteiger partial charge on any atom is 0.115 e. The van der Waals surface area contributed by atoms with Gasteiger partial charge < -0.3 is 10.5 Å². The van der Waals surface area contributed by atoms with Gasteiger partial charge in [-0.15, -0.1) is 0 Å². The van der Waals surface area contributed by atoms with Crippen LogP contribution in [0, 0.1) is 5.92 Å². The van der Waals surface area contributed by atoms with Crippen LogP contribution in [0.25, 0.3) is 0 Å². The van der Waals surface area contributed by atoms with Gasteiger partial charge >= 0.3 is 0 Å². The van der Waals surface area contributed by atoms with Crippen molar-refractivity contribution in [2.45, 2.75) is 52.4 Å². The van der Waals surface area contributed by atoms with Gasteiger partial charge in [0.25, 0.3) is 0 Å². The van der Waals surface area contributed by atoms with Crippen LogP contribution in [0.15, 0.2) is 24.4 Å². The zero-order chi connectivity index (χ0) is 12.8. The molecule has 3 heteroatoms. The molecule has 0 amide bonds.